The van der Waals surface area contributed by atoms with Crippen LogP contribution in [-0.4, -0.2) is 32.5 Å². The molecular weight excluding hydrogens is 324 g/mol. The van der Waals surface area contributed by atoms with Crippen molar-refractivity contribution < 1.29 is 9.21 Å². The van der Waals surface area contributed by atoms with Crippen molar-refractivity contribution in [2.45, 2.75) is 49.4 Å². The van der Waals surface area contributed by atoms with Crippen molar-refractivity contribution in [1.82, 2.24) is 20.1 Å². The van der Waals surface area contributed by atoms with Gasteiger partial charge in [0.05, 0.1) is 11.5 Å². The van der Waals surface area contributed by atoms with Crippen molar-refractivity contribution in [3.8, 4) is 11.6 Å². The van der Waals surface area contributed by atoms with Crippen LogP contribution in [0.25, 0.3) is 11.6 Å². The zero-order valence-corrected chi connectivity index (χ0v) is 15.0. The van der Waals surface area contributed by atoms with Gasteiger partial charge in [-0.25, -0.2) is 0 Å². The lowest BCUT2D eigenvalue weighted by Gasteiger charge is -2.22. The zero-order chi connectivity index (χ0) is 16.9. The summed E-state index contributed by atoms with van der Waals surface area (Å²) in [4.78, 5) is 12.3. The van der Waals surface area contributed by atoms with Crippen molar-refractivity contribution in [1.29, 1.82) is 0 Å². The first-order valence-corrected chi connectivity index (χ1v) is 9.40. The quantitative estimate of drug-likeness (QED) is 0.811. The molecule has 2 aromatic rings. The number of carbonyl (C=O) groups is 1. The summed E-state index contributed by atoms with van der Waals surface area (Å²) in [6.07, 6.45) is 7.99. The van der Waals surface area contributed by atoms with E-state index < -0.39 is 0 Å². The molecule has 0 spiro atoms. The summed E-state index contributed by atoms with van der Waals surface area (Å²) in [5.74, 6) is 2.04. The van der Waals surface area contributed by atoms with Gasteiger partial charge in [-0.1, -0.05) is 31.0 Å². The Morgan fingerprint density at radius 1 is 1.42 bits per heavy atom. The second kappa shape index (κ2) is 7.88. The van der Waals surface area contributed by atoms with Gasteiger partial charge in [-0.2, -0.15) is 0 Å². The van der Waals surface area contributed by atoms with E-state index in [0.717, 1.165) is 6.54 Å². The highest BCUT2D eigenvalue weighted by atomic mass is 32.2. The molecule has 1 amide bonds. The van der Waals surface area contributed by atoms with Crippen molar-refractivity contribution in [3.05, 3.63) is 18.4 Å². The Morgan fingerprint density at radius 3 is 2.92 bits per heavy atom. The van der Waals surface area contributed by atoms with Crippen LogP contribution in [-0.2, 0) is 11.8 Å². The van der Waals surface area contributed by atoms with E-state index in [1.54, 1.807) is 6.26 Å². The Labute approximate surface area is 146 Å². The summed E-state index contributed by atoms with van der Waals surface area (Å²) >= 11 is 1.42. The van der Waals surface area contributed by atoms with Gasteiger partial charge in [-0.05, 0) is 37.8 Å². The maximum absolute atomic E-state index is 12.3. The van der Waals surface area contributed by atoms with Crippen LogP contribution in [0.15, 0.2) is 28.0 Å². The summed E-state index contributed by atoms with van der Waals surface area (Å²) < 4.78 is 7.22. The summed E-state index contributed by atoms with van der Waals surface area (Å²) in [6, 6.07) is 3.66. The lowest BCUT2D eigenvalue weighted by molar-refractivity contribution is -0.120. The van der Waals surface area contributed by atoms with E-state index in [9.17, 15) is 4.79 Å². The third kappa shape index (κ3) is 4.01. The van der Waals surface area contributed by atoms with Gasteiger partial charge in [0.25, 0.3) is 0 Å². The lowest BCUT2D eigenvalue weighted by atomic mass is 9.89. The topological polar surface area (TPSA) is 73.0 Å². The van der Waals surface area contributed by atoms with Gasteiger partial charge in [0.15, 0.2) is 16.7 Å². The van der Waals surface area contributed by atoms with Gasteiger partial charge in [0.2, 0.25) is 5.91 Å². The van der Waals surface area contributed by atoms with Crippen LogP contribution >= 0.6 is 11.8 Å². The number of amides is 1. The monoisotopic (exact) mass is 348 g/mol. The second-order valence-electron chi connectivity index (χ2n) is 6.35. The molecule has 6 nitrogen and oxygen atoms in total. The molecule has 0 bridgehead atoms. The molecule has 24 heavy (non-hydrogen) atoms. The van der Waals surface area contributed by atoms with Gasteiger partial charge in [0, 0.05) is 13.6 Å². The number of aromatic nitrogens is 3. The maximum atomic E-state index is 12.3. The standard InChI is InChI=1S/C17H24N4O2S/c1-12(16(22)18-11-13-7-4-3-5-8-13)24-17-20-19-15(21(17)2)14-9-6-10-23-14/h6,9-10,12-13H,3-5,7-8,11H2,1-2H3,(H,18,22). The number of thioether (sulfide) groups is 1. The average molecular weight is 348 g/mol. The van der Waals surface area contributed by atoms with Crippen LogP contribution in [0.1, 0.15) is 39.0 Å². The molecular formula is C17H24N4O2S. The number of hydrogen-bond acceptors (Lipinski definition) is 5. The van der Waals surface area contributed by atoms with E-state index >= 15 is 0 Å². The predicted octanol–water partition coefficient (Wildman–Crippen LogP) is 3.25. The molecule has 130 valence electrons. The molecule has 0 radical (unpaired) electrons. The molecule has 7 heteroatoms. The Hall–Kier alpha value is -1.76. The Kier molecular flexibility index (Phi) is 5.60. The molecule has 2 aromatic heterocycles. The molecule has 1 unspecified atom stereocenters. The van der Waals surface area contributed by atoms with Crippen LogP contribution in [0.4, 0.5) is 0 Å². The fourth-order valence-electron chi connectivity index (χ4n) is 3.03. The summed E-state index contributed by atoms with van der Waals surface area (Å²) in [5.41, 5.74) is 0. The van der Waals surface area contributed by atoms with Crippen LogP contribution in [0, 0.1) is 5.92 Å². The maximum Gasteiger partial charge on any atom is 0.233 e. The van der Waals surface area contributed by atoms with E-state index in [0.29, 0.717) is 22.7 Å². The van der Waals surface area contributed by atoms with E-state index in [2.05, 4.69) is 15.5 Å². The van der Waals surface area contributed by atoms with Gasteiger partial charge < -0.3 is 14.3 Å². The lowest BCUT2D eigenvalue weighted by Crippen LogP contribution is -2.35. The SMILES string of the molecule is CC(Sc1nnc(-c2ccco2)n1C)C(=O)NCC1CCCCC1. The average Bonchev–Trinajstić information content (AvgIpc) is 3.24. The van der Waals surface area contributed by atoms with Crippen molar-refractivity contribution in [2.24, 2.45) is 13.0 Å². The van der Waals surface area contributed by atoms with Crippen LogP contribution in [0.2, 0.25) is 0 Å². The Morgan fingerprint density at radius 2 is 2.21 bits per heavy atom. The summed E-state index contributed by atoms with van der Waals surface area (Å²) in [5, 5.41) is 11.9. The number of rotatable bonds is 6. The molecule has 1 fully saturated rings. The molecule has 1 aliphatic carbocycles. The Balaban J connectivity index is 1.54. The summed E-state index contributed by atoms with van der Waals surface area (Å²) in [6.45, 7) is 2.70. The molecule has 0 aromatic carbocycles. The normalized spacial score (nSPS) is 16.9. The van der Waals surface area contributed by atoms with E-state index in [-0.39, 0.29) is 11.2 Å². The van der Waals surface area contributed by atoms with Gasteiger partial charge in [-0.3, -0.25) is 4.79 Å². The minimum atomic E-state index is -0.207. The fourth-order valence-corrected chi connectivity index (χ4v) is 3.87. The van der Waals surface area contributed by atoms with Crippen LogP contribution < -0.4 is 5.32 Å². The molecule has 3 rings (SSSR count). The molecule has 1 N–H and O–H groups in total. The van der Waals surface area contributed by atoms with Crippen molar-refractivity contribution in [3.63, 3.8) is 0 Å². The highest BCUT2D eigenvalue weighted by molar-refractivity contribution is 8.00. The van der Waals surface area contributed by atoms with Crippen LogP contribution in [0.5, 0.6) is 0 Å². The third-order valence-electron chi connectivity index (χ3n) is 4.52. The fraction of sp³-hybridized carbons (Fsp3) is 0.588. The highest BCUT2D eigenvalue weighted by Gasteiger charge is 2.21. The molecule has 1 aliphatic rings. The number of hydrogen-bond donors (Lipinski definition) is 1. The van der Waals surface area contributed by atoms with E-state index in [1.807, 2.05) is 30.7 Å². The largest absolute Gasteiger partial charge is 0.461 e. The minimum Gasteiger partial charge on any atom is -0.461 e. The smallest absolute Gasteiger partial charge is 0.233 e. The summed E-state index contributed by atoms with van der Waals surface area (Å²) in [7, 11) is 1.88. The highest BCUT2D eigenvalue weighted by Crippen LogP contribution is 2.26. The first-order chi connectivity index (χ1) is 11.6. The number of carbonyl (C=O) groups excluding carboxylic acids is 1. The predicted molar refractivity (Wildman–Crippen MR) is 93.6 cm³/mol. The third-order valence-corrected chi connectivity index (χ3v) is 5.65. The molecule has 2 heterocycles. The number of nitrogens with zero attached hydrogens (tertiary/aromatic N) is 3. The van der Waals surface area contributed by atoms with E-state index in [4.69, 9.17) is 4.42 Å². The number of furan rings is 1. The van der Waals surface area contributed by atoms with Gasteiger partial charge >= 0.3 is 0 Å². The van der Waals surface area contributed by atoms with Gasteiger partial charge in [0.1, 0.15) is 0 Å². The molecule has 0 aliphatic heterocycles. The minimum absolute atomic E-state index is 0.0631. The van der Waals surface area contributed by atoms with E-state index in [1.165, 1.54) is 43.9 Å². The molecule has 1 saturated carbocycles. The second-order valence-corrected chi connectivity index (χ2v) is 7.66. The first-order valence-electron chi connectivity index (χ1n) is 8.53. The molecule has 1 atom stereocenters. The zero-order valence-electron chi connectivity index (χ0n) is 14.2. The van der Waals surface area contributed by atoms with Crippen molar-refractivity contribution in [2.75, 3.05) is 6.54 Å². The Bertz CT molecular complexity index is 662. The van der Waals surface area contributed by atoms with Gasteiger partial charge in [-0.15, -0.1) is 10.2 Å². The first kappa shape index (κ1) is 17.1. The van der Waals surface area contributed by atoms with Crippen LogP contribution in [0.3, 0.4) is 0 Å². The number of nitrogens with one attached hydrogen (secondary N) is 1. The van der Waals surface area contributed by atoms with Crippen molar-refractivity contribution >= 4 is 17.7 Å². The molecule has 0 saturated heterocycles.